The van der Waals surface area contributed by atoms with Gasteiger partial charge in [0.25, 0.3) is 0 Å². The molecule has 3 nitrogen and oxygen atoms in total. The van der Waals surface area contributed by atoms with Crippen LogP contribution in [0.4, 0.5) is 0 Å². The summed E-state index contributed by atoms with van der Waals surface area (Å²) in [5, 5.41) is 2.63. The number of ether oxygens (including phenoxy) is 1. The molecule has 0 bridgehead atoms. The highest BCUT2D eigenvalue weighted by Crippen LogP contribution is 2.13. The van der Waals surface area contributed by atoms with Crippen molar-refractivity contribution in [1.29, 1.82) is 0 Å². The van der Waals surface area contributed by atoms with Crippen molar-refractivity contribution in [2.24, 2.45) is 0 Å². The third-order valence-corrected chi connectivity index (χ3v) is 1.57. The van der Waals surface area contributed by atoms with Gasteiger partial charge in [0.2, 0.25) is 5.91 Å². The van der Waals surface area contributed by atoms with Crippen molar-refractivity contribution in [2.75, 3.05) is 7.11 Å². The SMILES string of the molecule is COC1=C(C)CCC(=O)N1. The van der Waals surface area contributed by atoms with Gasteiger partial charge in [-0.05, 0) is 18.9 Å². The molecule has 0 saturated heterocycles. The van der Waals surface area contributed by atoms with Crippen molar-refractivity contribution >= 4 is 5.91 Å². The molecule has 56 valence electrons. The minimum absolute atomic E-state index is 0.0439. The molecule has 1 heterocycles. The Balaban J connectivity index is 2.72. The van der Waals surface area contributed by atoms with Gasteiger partial charge in [-0.2, -0.15) is 0 Å². The Morgan fingerprint density at radius 3 is 2.70 bits per heavy atom. The predicted molar refractivity (Wildman–Crippen MR) is 37.1 cm³/mol. The minimum atomic E-state index is 0.0439. The topological polar surface area (TPSA) is 38.3 Å². The van der Waals surface area contributed by atoms with Gasteiger partial charge in [-0.25, -0.2) is 0 Å². The molecule has 1 N–H and O–H groups in total. The van der Waals surface area contributed by atoms with E-state index in [1.54, 1.807) is 7.11 Å². The Bertz CT molecular complexity index is 184. The van der Waals surface area contributed by atoms with E-state index in [4.69, 9.17) is 4.74 Å². The number of amides is 1. The number of hydrogen-bond donors (Lipinski definition) is 1. The van der Waals surface area contributed by atoms with E-state index < -0.39 is 0 Å². The van der Waals surface area contributed by atoms with Crippen molar-refractivity contribution in [3.05, 3.63) is 11.5 Å². The van der Waals surface area contributed by atoms with Crippen LogP contribution in [0.1, 0.15) is 19.8 Å². The highest BCUT2D eigenvalue weighted by atomic mass is 16.5. The first-order chi connectivity index (χ1) is 4.74. The van der Waals surface area contributed by atoms with Gasteiger partial charge in [0, 0.05) is 6.42 Å². The minimum Gasteiger partial charge on any atom is -0.482 e. The number of allylic oxidation sites excluding steroid dienone is 1. The first-order valence-electron chi connectivity index (χ1n) is 3.27. The van der Waals surface area contributed by atoms with Crippen LogP contribution >= 0.6 is 0 Å². The fraction of sp³-hybridized carbons (Fsp3) is 0.571. The van der Waals surface area contributed by atoms with Gasteiger partial charge in [0.05, 0.1) is 7.11 Å². The number of carbonyl (C=O) groups excluding carboxylic acids is 1. The van der Waals surface area contributed by atoms with Gasteiger partial charge in [-0.1, -0.05) is 0 Å². The lowest BCUT2D eigenvalue weighted by molar-refractivity contribution is -0.121. The van der Waals surface area contributed by atoms with Gasteiger partial charge in [-0.3, -0.25) is 10.1 Å². The van der Waals surface area contributed by atoms with Crippen molar-refractivity contribution in [2.45, 2.75) is 19.8 Å². The molecule has 3 heteroatoms. The van der Waals surface area contributed by atoms with E-state index in [1.807, 2.05) is 6.92 Å². The van der Waals surface area contributed by atoms with Crippen LogP contribution in [0.15, 0.2) is 11.5 Å². The van der Waals surface area contributed by atoms with Gasteiger partial charge in [0.1, 0.15) is 0 Å². The summed E-state index contributed by atoms with van der Waals surface area (Å²) in [4.78, 5) is 10.8. The Kier molecular flexibility index (Phi) is 1.94. The number of nitrogens with one attached hydrogen (secondary N) is 1. The number of rotatable bonds is 1. The lowest BCUT2D eigenvalue weighted by Gasteiger charge is -2.16. The molecule has 1 amide bonds. The molecule has 0 radical (unpaired) electrons. The molecule has 1 aliphatic heterocycles. The maximum Gasteiger partial charge on any atom is 0.226 e. The molecule has 10 heavy (non-hydrogen) atoms. The van der Waals surface area contributed by atoms with Crippen molar-refractivity contribution in [1.82, 2.24) is 5.32 Å². The average Bonchev–Trinajstić information content (AvgIpc) is 1.94. The second-order valence-corrected chi connectivity index (χ2v) is 2.36. The highest BCUT2D eigenvalue weighted by Gasteiger charge is 2.14. The predicted octanol–water partition coefficient (Wildman–Crippen LogP) is 0.774. The zero-order chi connectivity index (χ0) is 7.56. The molecule has 1 aliphatic rings. The van der Waals surface area contributed by atoms with Crippen LogP contribution in [-0.2, 0) is 9.53 Å². The molecular weight excluding hydrogens is 130 g/mol. The Morgan fingerprint density at radius 2 is 2.20 bits per heavy atom. The summed E-state index contributed by atoms with van der Waals surface area (Å²) in [6.45, 7) is 1.96. The van der Waals surface area contributed by atoms with E-state index in [1.165, 1.54) is 0 Å². The van der Waals surface area contributed by atoms with Crippen LogP contribution in [0.25, 0.3) is 0 Å². The summed E-state index contributed by atoms with van der Waals surface area (Å²) in [7, 11) is 1.56. The maximum absolute atomic E-state index is 10.8. The van der Waals surface area contributed by atoms with Gasteiger partial charge in [-0.15, -0.1) is 0 Å². The van der Waals surface area contributed by atoms with Crippen molar-refractivity contribution in [3.8, 4) is 0 Å². The monoisotopic (exact) mass is 141 g/mol. The standard InChI is InChI=1S/C7H11NO2/c1-5-3-4-6(9)8-7(5)10-2/h3-4H2,1-2H3,(H,8,9). The Hall–Kier alpha value is -0.990. The molecular formula is C7H11NO2. The van der Waals surface area contributed by atoms with E-state index >= 15 is 0 Å². The Labute approximate surface area is 60.1 Å². The molecule has 1 rings (SSSR count). The summed E-state index contributed by atoms with van der Waals surface area (Å²) in [6, 6.07) is 0. The van der Waals surface area contributed by atoms with Crippen LogP contribution in [0.3, 0.4) is 0 Å². The zero-order valence-corrected chi connectivity index (χ0v) is 6.23. The largest absolute Gasteiger partial charge is 0.482 e. The molecule has 0 saturated carbocycles. The molecule has 0 aromatic rings. The number of hydrogen-bond acceptors (Lipinski definition) is 2. The van der Waals surface area contributed by atoms with Crippen molar-refractivity contribution in [3.63, 3.8) is 0 Å². The third kappa shape index (κ3) is 1.29. The molecule has 0 unspecified atom stereocenters. The molecule has 0 fully saturated rings. The van der Waals surface area contributed by atoms with E-state index in [0.29, 0.717) is 12.3 Å². The van der Waals surface area contributed by atoms with Crippen LogP contribution in [0.5, 0.6) is 0 Å². The number of carbonyl (C=O) groups is 1. The third-order valence-electron chi connectivity index (χ3n) is 1.57. The summed E-state index contributed by atoms with van der Waals surface area (Å²) >= 11 is 0. The van der Waals surface area contributed by atoms with Crippen LogP contribution in [0, 0.1) is 0 Å². The summed E-state index contributed by atoms with van der Waals surface area (Å²) in [5.74, 6) is 0.665. The molecule has 0 aliphatic carbocycles. The van der Waals surface area contributed by atoms with Crippen LogP contribution in [-0.4, -0.2) is 13.0 Å². The van der Waals surface area contributed by atoms with E-state index in [0.717, 1.165) is 12.0 Å². The summed E-state index contributed by atoms with van der Waals surface area (Å²) in [6.07, 6.45) is 1.40. The average molecular weight is 141 g/mol. The molecule has 0 spiro atoms. The normalized spacial score (nSPS) is 18.8. The second kappa shape index (κ2) is 2.73. The fourth-order valence-electron chi connectivity index (χ4n) is 0.936. The molecule has 0 aromatic heterocycles. The van der Waals surface area contributed by atoms with Crippen LogP contribution in [0.2, 0.25) is 0 Å². The first-order valence-corrected chi connectivity index (χ1v) is 3.27. The molecule has 0 aromatic carbocycles. The van der Waals surface area contributed by atoms with Crippen LogP contribution < -0.4 is 5.32 Å². The van der Waals surface area contributed by atoms with E-state index in [9.17, 15) is 4.79 Å². The van der Waals surface area contributed by atoms with Crippen molar-refractivity contribution < 1.29 is 9.53 Å². The quantitative estimate of drug-likeness (QED) is 0.585. The number of methoxy groups -OCH3 is 1. The van der Waals surface area contributed by atoms with E-state index in [2.05, 4.69) is 5.32 Å². The van der Waals surface area contributed by atoms with E-state index in [-0.39, 0.29) is 5.91 Å². The lowest BCUT2D eigenvalue weighted by Crippen LogP contribution is -2.28. The second-order valence-electron chi connectivity index (χ2n) is 2.36. The Morgan fingerprint density at radius 1 is 1.50 bits per heavy atom. The summed E-state index contributed by atoms with van der Waals surface area (Å²) in [5.41, 5.74) is 1.11. The summed E-state index contributed by atoms with van der Waals surface area (Å²) < 4.78 is 4.92. The highest BCUT2D eigenvalue weighted by molar-refractivity contribution is 5.79. The zero-order valence-electron chi connectivity index (χ0n) is 6.23. The lowest BCUT2D eigenvalue weighted by atomic mass is 10.1. The smallest absolute Gasteiger partial charge is 0.226 e. The van der Waals surface area contributed by atoms with Gasteiger partial charge < -0.3 is 4.74 Å². The maximum atomic E-state index is 10.8. The van der Waals surface area contributed by atoms with Gasteiger partial charge in [0.15, 0.2) is 5.88 Å². The fourth-order valence-corrected chi connectivity index (χ4v) is 0.936. The molecule has 0 atom stereocenters. The van der Waals surface area contributed by atoms with Gasteiger partial charge >= 0.3 is 0 Å². The first kappa shape index (κ1) is 7.12.